The van der Waals surface area contributed by atoms with Crippen LogP contribution < -0.4 is 5.73 Å². The minimum absolute atomic E-state index is 0.0758. The molecule has 1 aliphatic carbocycles. The van der Waals surface area contributed by atoms with Gasteiger partial charge in [0.1, 0.15) is 0 Å². The molecule has 0 saturated heterocycles. The Morgan fingerprint density at radius 1 is 1.31 bits per heavy atom. The average Bonchev–Trinajstić information content (AvgIpc) is 2.17. The Morgan fingerprint density at radius 3 is 2.31 bits per heavy atom. The highest BCUT2D eigenvalue weighted by atomic mass is 16.2. The van der Waals surface area contributed by atoms with Crippen molar-refractivity contribution in [1.82, 2.24) is 4.90 Å². The van der Waals surface area contributed by atoms with Crippen LogP contribution in [0.15, 0.2) is 0 Å². The number of likely N-dealkylation sites (N-methyl/N-ethyl adjacent to an activating group) is 1. The number of carbonyl (C=O) groups is 1. The van der Waals surface area contributed by atoms with E-state index in [4.69, 9.17) is 5.73 Å². The Bertz CT molecular complexity index is 174. The highest BCUT2D eigenvalue weighted by Gasteiger charge is 2.26. The number of nitrogens with zero attached hydrogens (tertiary/aromatic N) is 1. The third-order valence-electron chi connectivity index (χ3n) is 2.88. The van der Waals surface area contributed by atoms with Gasteiger partial charge >= 0.3 is 0 Å². The van der Waals surface area contributed by atoms with Gasteiger partial charge in [-0.2, -0.15) is 0 Å². The van der Waals surface area contributed by atoms with E-state index in [0.717, 1.165) is 12.8 Å². The van der Waals surface area contributed by atoms with E-state index in [0.29, 0.717) is 5.92 Å². The molecule has 0 spiro atoms. The van der Waals surface area contributed by atoms with Crippen molar-refractivity contribution in [2.45, 2.75) is 38.1 Å². The van der Waals surface area contributed by atoms with Gasteiger partial charge in [-0.15, -0.1) is 0 Å². The largest absolute Gasteiger partial charge is 0.347 e. The zero-order chi connectivity index (χ0) is 9.84. The monoisotopic (exact) mass is 184 g/mol. The van der Waals surface area contributed by atoms with Gasteiger partial charge in [0, 0.05) is 14.1 Å². The summed E-state index contributed by atoms with van der Waals surface area (Å²) in [4.78, 5) is 13.1. The highest BCUT2D eigenvalue weighted by Crippen LogP contribution is 2.26. The van der Waals surface area contributed by atoms with Crippen molar-refractivity contribution in [2.75, 3.05) is 14.1 Å². The van der Waals surface area contributed by atoms with Gasteiger partial charge in [-0.3, -0.25) is 4.79 Å². The van der Waals surface area contributed by atoms with E-state index in [2.05, 4.69) is 0 Å². The van der Waals surface area contributed by atoms with E-state index in [-0.39, 0.29) is 11.9 Å². The first-order chi connectivity index (χ1) is 6.13. The fourth-order valence-electron chi connectivity index (χ4n) is 1.99. The third-order valence-corrected chi connectivity index (χ3v) is 2.88. The highest BCUT2D eigenvalue weighted by molar-refractivity contribution is 5.81. The molecule has 0 aromatic heterocycles. The molecule has 0 heterocycles. The molecule has 13 heavy (non-hydrogen) atoms. The summed E-state index contributed by atoms with van der Waals surface area (Å²) in [7, 11) is 3.54. The molecular formula is C10H20N2O. The van der Waals surface area contributed by atoms with Crippen LogP contribution in [0.4, 0.5) is 0 Å². The van der Waals surface area contributed by atoms with E-state index < -0.39 is 0 Å². The molecule has 2 N–H and O–H groups in total. The number of hydrogen-bond donors (Lipinski definition) is 1. The molecule has 3 heteroatoms. The lowest BCUT2D eigenvalue weighted by Gasteiger charge is -2.28. The van der Waals surface area contributed by atoms with E-state index >= 15 is 0 Å². The van der Waals surface area contributed by atoms with Crippen molar-refractivity contribution in [2.24, 2.45) is 11.7 Å². The molecule has 0 aromatic rings. The smallest absolute Gasteiger partial charge is 0.239 e. The molecule has 1 saturated carbocycles. The van der Waals surface area contributed by atoms with Gasteiger partial charge in [0.25, 0.3) is 0 Å². The van der Waals surface area contributed by atoms with Crippen LogP contribution >= 0.6 is 0 Å². The summed E-state index contributed by atoms with van der Waals surface area (Å²) < 4.78 is 0. The second-order valence-electron chi connectivity index (χ2n) is 4.16. The van der Waals surface area contributed by atoms with Crippen LogP contribution in [-0.2, 0) is 4.79 Å². The quantitative estimate of drug-likeness (QED) is 0.695. The van der Waals surface area contributed by atoms with Gasteiger partial charge < -0.3 is 10.6 Å². The molecule has 3 nitrogen and oxygen atoms in total. The Balaban J connectivity index is 2.45. The maximum atomic E-state index is 11.5. The molecular weight excluding hydrogens is 164 g/mol. The average molecular weight is 184 g/mol. The first-order valence-corrected chi connectivity index (χ1v) is 5.09. The summed E-state index contributed by atoms with van der Waals surface area (Å²) in [6.45, 7) is 0. The second-order valence-corrected chi connectivity index (χ2v) is 4.16. The first kappa shape index (κ1) is 10.5. The van der Waals surface area contributed by atoms with Gasteiger partial charge in [0.05, 0.1) is 6.04 Å². The van der Waals surface area contributed by atoms with Gasteiger partial charge in [0.2, 0.25) is 5.91 Å². The predicted octanol–water partition coefficient (Wildman–Crippen LogP) is 0.982. The minimum atomic E-state index is -0.268. The van der Waals surface area contributed by atoms with Gasteiger partial charge in [-0.25, -0.2) is 0 Å². The maximum Gasteiger partial charge on any atom is 0.239 e. The molecule has 1 unspecified atom stereocenters. The van der Waals surface area contributed by atoms with Crippen LogP contribution in [0.1, 0.15) is 32.1 Å². The maximum absolute atomic E-state index is 11.5. The summed E-state index contributed by atoms with van der Waals surface area (Å²) >= 11 is 0. The van der Waals surface area contributed by atoms with E-state index in [1.807, 2.05) is 0 Å². The Hall–Kier alpha value is -0.570. The number of amides is 1. The number of hydrogen-bond acceptors (Lipinski definition) is 2. The molecule has 1 atom stereocenters. The number of nitrogens with two attached hydrogens (primary N) is 1. The van der Waals surface area contributed by atoms with Gasteiger partial charge in [-0.1, -0.05) is 19.3 Å². The molecule has 0 bridgehead atoms. The Labute approximate surface area is 80.3 Å². The summed E-state index contributed by atoms with van der Waals surface area (Å²) in [6.07, 6.45) is 6.03. The normalized spacial score (nSPS) is 21.2. The lowest BCUT2D eigenvalue weighted by atomic mass is 9.84. The summed E-state index contributed by atoms with van der Waals surface area (Å²) in [5.74, 6) is 0.496. The lowest BCUT2D eigenvalue weighted by Crippen LogP contribution is -2.45. The lowest BCUT2D eigenvalue weighted by molar-refractivity contribution is -0.131. The third kappa shape index (κ3) is 2.69. The summed E-state index contributed by atoms with van der Waals surface area (Å²) in [6, 6.07) is -0.268. The second kappa shape index (κ2) is 4.61. The molecule has 1 rings (SSSR count). The molecule has 1 aliphatic rings. The van der Waals surface area contributed by atoms with Crippen molar-refractivity contribution in [3.8, 4) is 0 Å². The van der Waals surface area contributed by atoms with Crippen LogP contribution in [0.5, 0.6) is 0 Å². The molecule has 0 aromatic carbocycles. The minimum Gasteiger partial charge on any atom is -0.347 e. The number of carbonyl (C=O) groups excluding carboxylic acids is 1. The standard InChI is InChI=1S/C10H20N2O/c1-12(2)10(13)9(11)8-6-4-3-5-7-8/h8-9H,3-7,11H2,1-2H3. The van der Waals surface area contributed by atoms with Crippen molar-refractivity contribution >= 4 is 5.91 Å². The Kier molecular flexibility index (Phi) is 3.72. The van der Waals surface area contributed by atoms with Crippen LogP contribution in [0, 0.1) is 5.92 Å². The molecule has 0 radical (unpaired) electrons. The van der Waals surface area contributed by atoms with Crippen molar-refractivity contribution < 1.29 is 4.79 Å². The van der Waals surface area contributed by atoms with Gasteiger partial charge in [0.15, 0.2) is 0 Å². The van der Waals surface area contributed by atoms with E-state index in [1.165, 1.54) is 19.3 Å². The van der Waals surface area contributed by atoms with Gasteiger partial charge in [-0.05, 0) is 18.8 Å². The first-order valence-electron chi connectivity index (χ1n) is 5.09. The molecule has 0 aliphatic heterocycles. The van der Waals surface area contributed by atoms with Crippen LogP contribution in [0.3, 0.4) is 0 Å². The van der Waals surface area contributed by atoms with Crippen molar-refractivity contribution in [1.29, 1.82) is 0 Å². The van der Waals surface area contributed by atoms with Crippen LogP contribution in [0.2, 0.25) is 0 Å². The van der Waals surface area contributed by atoms with Crippen LogP contribution in [-0.4, -0.2) is 30.9 Å². The number of rotatable bonds is 2. The van der Waals surface area contributed by atoms with E-state index in [9.17, 15) is 4.79 Å². The molecule has 1 fully saturated rings. The fraction of sp³-hybridized carbons (Fsp3) is 0.900. The molecule has 1 amide bonds. The van der Waals surface area contributed by atoms with Crippen molar-refractivity contribution in [3.05, 3.63) is 0 Å². The SMILES string of the molecule is CN(C)C(=O)C(N)C1CCCCC1. The zero-order valence-electron chi connectivity index (χ0n) is 8.62. The predicted molar refractivity (Wildman–Crippen MR) is 53.2 cm³/mol. The van der Waals surface area contributed by atoms with E-state index in [1.54, 1.807) is 19.0 Å². The zero-order valence-corrected chi connectivity index (χ0v) is 8.62. The molecule has 76 valence electrons. The summed E-state index contributed by atoms with van der Waals surface area (Å²) in [5.41, 5.74) is 5.90. The fourth-order valence-corrected chi connectivity index (χ4v) is 1.99. The van der Waals surface area contributed by atoms with Crippen molar-refractivity contribution in [3.63, 3.8) is 0 Å². The topological polar surface area (TPSA) is 46.3 Å². The summed E-state index contributed by atoms with van der Waals surface area (Å²) in [5, 5.41) is 0. The Morgan fingerprint density at radius 2 is 1.85 bits per heavy atom. The van der Waals surface area contributed by atoms with Crippen LogP contribution in [0.25, 0.3) is 0 Å².